The first kappa shape index (κ1) is 16.8. The van der Waals surface area contributed by atoms with Gasteiger partial charge in [-0.2, -0.15) is 13.2 Å². The van der Waals surface area contributed by atoms with Crippen molar-refractivity contribution in [2.45, 2.75) is 56.8 Å². The van der Waals surface area contributed by atoms with E-state index in [0.717, 1.165) is 19.3 Å². The summed E-state index contributed by atoms with van der Waals surface area (Å²) in [6.45, 7) is 1.27. The third-order valence-electron chi connectivity index (χ3n) is 5.38. The van der Waals surface area contributed by atoms with E-state index in [0.29, 0.717) is 32.0 Å². The molecule has 1 N–H and O–H groups in total. The van der Waals surface area contributed by atoms with Crippen LogP contribution in [0.15, 0.2) is 24.3 Å². The van der Waals surface area contributed by atoms with Crippen LogP contribution in [-0.4, -0.2) is 35.4 Å². The molecule has 2 aliphatic rings. The zero-order chi connectivity index (χ0) is 16.4. The number of benzene rings is 1. The van der Waals surface area contributed by atoms with E-state index in [1.54, 1.807) is 0 Å². The van der Waals surface area contributed by atoms with Crippen LogP contribution in [0, 0.1) is 5.92 Å². The van der Waals surface area contributed by atoms with E-state index in [2.05, 4.69) is 29.2 Å². The molecule has 3 rings (SSSR count). The van der Waals surface area contributed by atoms with Crippen LogP contribution >= 0.6 is 0 Å². The fraction of sp³-hybridized carbons (Fsp3) is 0.667. The Morgan fingerprint density at radius 1 is 1.04 bits per heavy atom. The zero-order valence-electron chi connectivity index (χ0n) is 13.2. The van der Waals surface area contributed by atoms with Crippen LogP contribution in [-0.2, 0) is 6.42 Å². The molecule has 0 radical (unpaired) electrons. The van der Waals surface area contributed by atoms with E-state index >= 15 is 0 Å². The van der Waals surface area contributed by atoms with Crippen molar-refractivity contribution in [1.82, 2.24) is 4.90 Å². The molecule has 0 amide bonds. The van der Waals surface area contributed by atoms with Gasteiger partial charge in [-0.15, -0.1) is 0 Å². The van der Waals surface area contributed by atoms with Crippen molar-refractivity contribution >= 4 is 0 Å². The first-order valence-electron chi connectivity index (χ1n) is 8.53. The Labute approximate surface area is 135 Å². The highest BCUT2D eigenvalue weighted by molar-refractivity contribution is 5.31. The van der Waals surface area contributed by atoms with Gasteiger partial charge in [0.2, 0.25) is 0 Å². The number of rotatable bonds is 2. The SMILES string of the molecule is O[C@@H](C1CCN([C@H]2CCCCc3ccccc32)CC1)C(F)(F)F. The summed E-state index contributed by atoms with van der Waals surface area (Å²) in [4.78, 5) is 2.32. The van der Waals surface area contributed by atoms with E-state index in [-0.39, 0.29) is 0 Å². The predicted molar refractivity (Wildman–Crippen MR) is 83.1 cm³/mol. The minimum Gasteiger partial charge on any atom is -0.383 e. The lowest BCUT2D eigenvalue weighted by atomic mass is 9.88. The first-order chi connectivity index (χ1) is 11.0. The summed E-state index contributed by atoms with van der Waals surface area (Å²) in [5.41, 5.74) is 2.73. The van der Waals surface area contributed by atoms with Gasteiger partial charge in [-0.1, -0.05) is 30.7 Å². The van der Waals surface area contributed by atoms with Crippen LogP contribution in [0.25, 0.3) is 0 Å². The standard InChI is InChI=1S/C18H24F3NO/c19-18(20,21)17(23)14-9-11-22(12-10-14)16-8-4-2-6-13-5-1-3-7-15(13)16/h1,3,5,7,14,16-17,23H,2,4,6,8-12H2/t16-,17-/m0/s1. The lowest BCUT2D eigenvalue weighted by Gasteiger charge is -2.39. The molecule has 0 saturated carbocycles. The van der Waals surface area contributed by atoms with Gasteiger partial charge < -0.3 is 5.11 Å². The van der Waals surface area contributed by atoms with Crippen molar-refractivity contribution < 1.29 is 18.3 Å². The third-order valence-corrected chi connectivity index (χ3v) is 5.38. The fourth-order valence-electron chi connectivity index (χ4n) is 4.09. The molecule has 2 nitrogen and oxygen atoms in total. The Bertz CT molecular complexity index is 523. The van der Waals surface area contributed by atoms with Crippen molar-refractivity contribution in [3.05, 3.63) is 35.4 Å². The second kappa shape index (κ2) is 6.81. The van der Waals surface area contributed by atoms with Crippen LogP contribution in [0.3, 0.4) is 0 Å². The Morgan fingerprint density at radius 3 is 2.43 bits per heavy atom. The molecule has 1 aliphatic carbocycles. The zero-order valence-corrected chi connectivity index (χ0v) is 13.2. The van der Waals surface area contributed by atoms with Gasteiger partial charge in [-0.25, -0.2) is 0 Å². The van der Waals surface area contributed by atoms with Gasteiger partial charge in [0.25, 0.3) is 0 Å². The van der Waals surface area contributed by atoms with Crippen LogP contribution in [0.4, 0.5) is 13.2 Å². The summed E-state index contributed by atoms with van der Waals surface area (Å²) >= 11 is 0. The second-order valence-electron chi connectivity index (χ2n) is 6.82. The number of halogens is 3. The summed E-state index contributed by atoms with van der Waals surface area (Å²) in [6, 6.07) is 8.78. The van der Waals surface area contributed by atoms with Gasteiger partial charge in [0.05, 0.1) is 0 Å². The number of nitrogens with zero attached hydrogens (tertiary/aromatic N) is 1. The Balaban J connectivity index is 1.68. The smallest absolute Gasteiger partial charge is 0.383 e. The number of hydrogen-bond acceptors (Lipinski definition) is 2. The minimum absolute atomic E-state index is 0.317. The van der Waals surface area contributed by atoms with E-state index in [9.17, 15) is 18.3 Å². The van der Waals surface area contributed by atoms with Gasteiger partial charge in [0.1, 0.15) is 0 Å². The largest absolute Gasteiger partial charge is 0.414 e. The molecule has 1 aromatic carbocycles. The monoisotopic (exact) mass is 327 g/mol. The van der Waals surface area contributed by atoms with Gasteiger partial charge in [0.15, 0.2) is 6.10 Å². The number of fused-ring (bicyclic) bond motifs is 1. The molecule has 0 spiro atoms. The molecule has 1 aromatic rings. The highest BCUT2D eigenvalue weighted by Crippen LogP contribution is 2.37. The topological polar surface area (TPSA) is 23.5 Å². The van der Waals surface area contributed by atoms with Crippen molar-refractivity contribution in [2.75, 3.05) is 13.1 Å². The maximum absolute atomic E-state index is 12.7. The van der Waals surface area contributed by atoms with E-state index in [1.165, 1.54) is 17.5 Å². The summed E-state index contributed by atoms with van der Waals surface area (Å²) in [5, 5.41) is 9.47. The van der Waals surface area contributed by atoms with Gasteiger partial charge >= 0.3 is 6.18 Å². The van der Waals surface area contributed by atoms with E-state index in [1.807, 2.05) is 0 Å². The molecule has 1 saturated heterocycles. The highest BCUT2D eigenvalue weighted by atomic mass is 19.4. The Morgan fingerprint density at radius 2 is 1.74 bits per heavy atom. The molecule has 128 valence electrons. The number of aliphatic hydroxyl groups excluding tert-OH is 1. The second-order valence-corrected chi connectivity index (χ2v) is 6.82. The minimum atomic E-state index is -4.50. The molecule has 23 heavy (non-hydrogen) atoms. The Kier molecular flexibility index (Phi) is 4.97. The quantitative estimate of drug-likeness (QED) is 0.827. The molecule has 1 aliphatic heterocycles. The summed E-state index contributed by atoms with van der Waals surface area (Å²) in [5.74, 6) is -0.660. The molecular weight excluding hydrogens is 303 g/mol. The van der Waals surface area contributed by atoms with Gasteiger partial charge in [0, 0.05) is 6.04 Å². The lowest BCUT2D eigenvalue weighted by Crippen LogP contribution is -2.44. The van der Waals surface area contributed by atoms with Crippen LogP contribution in [0.2, 0.25) is 0 Å². The molecule has 1 heterocycles. The van der Waals surface area contributed by atoms with Crippen molar-refractivity contribution in [1.29, 1.82) is 0 Å². The predicted octanol–water partition coefficient (Wildman–Crippen LogP) is 4.09. The molecule has 0 aromatic heterocycles. The van der Waals surface area contributed by atoms with Crippen LogP contribution < -0.4 is 0 Å². The summed E-state index contributed by atoms with van der Waals surface area (Å²) in [6.07, 6.45) is -1.34. The number of alkyl halides is 3. The van der Waals surface area contributed by atoms with E-state index in [4.69, 9.17) is 0 Å². The van der Waals surface area contributed by atoms with Crippen molar-refractivity contribution in [3.8, 4) is 0 Å². The average Bonchev–Trinajstić information content (AvgIpc) is 2.76. The van der Waals surface area contributed by atoms with Gasteiger partial charge in [-0.05, 0) is 62.2 Å². The Hall–Kier alpha value is -1.07. The molecule has 5 heteroatoms. The van der Waals surface area contributed by atoms with Crippen LogP contribution in [0.1, 0.15) is 49.3 Å². The molecule has 1 fully saturated rings. The maximum Gasteiger partial charge on any atom is 0.414 e. The maximum atomic E-state index is 12.7. The number of aliphatic hydroxyl groups is 1. The fourth-order valence-corrected chi connectivity index (χ4v) is 4.09. The van der Waals surface area contributed by atoms with Crippen molar-refractivity contribution in [2.24, 2.45) is 5.92 Å². The number of aryl methyl sites for hydroxylation is 1. The average molecular weight is 327 g/mol. The summed E-state index contributed by atoms with van der Waals surface area (Å²) in [7, 11) is 0. The number of hydrogen-bond donors (Lipinski definition) is 1. The molecular formula is C18H24F3NO. The molecule has 0 bridgehead atoms. The lowest BCUT2D eigenvalue weighted by molar-refractivity contribution is -0.223. The van der Waals surface area contributed by atoms with Crippen molar-refractivity contribution in [3.63, 3.8) is 0 Å². The summed E-state index contributed by atoms with van der Waals surface area (Å²) < 4.78 is 38.0. The highest BCUT2D eigenvalue weighted by Gasteiger charge is 2.44. The number of likely N-dealkylation sites (tertiary alicyclic amines) is 1. The van der Waals surface area contributed by atoms with Crippen LogP contribution in [0.5, 0.6) is 0 Å². The van der Waals surface area contributed by atoms with E-state index < -0.39 is 18.2 Å². The third kappa shape index (κ3) is 3.72. The first-order valence-corrected chi connectivity index (χ1v) is 8.53. The molecule has 0 unspecified atom stereocenters. The molecule has 2 atom stereocenters. The number of piperidine rings is 1. The normalized spacial score (nSPS) is 25.7. The van der Waals surface area contributed by atoms with Gasteiger partial charge in [-0.3, -0.25) is 4.90 Å².